The van der Waals surface area contributed by atoms with Crippen LogP contribution in [-0.2, 0) is 11.3 Å². The summed E-state index contributed by atoms with van der Waals surface area (Å²) in [5.74, 6) is 0.0999. The van der Waals surface area contributed by atoms with Crippen molar-refractivity contribution >= 4 is 5.91 Å². The van der Waals surface area contributed by atoms with Crippen LogP contribution in [0.1, 0.15) is 25.0 Å². The number of benzene rings is 1. The number of rotatable bonds is 6. The zero-order valence-electron chi connectivity index (χ0n) is 11.0. The molecule has 3 heteroatoms. The highest BCUT2D eigenvalue weighted by molar-refractivity contribution is 5.77. The highest BCUT2D eigenvalue weighted by Crippen LogP contribution is 2.09. The van der Waals surface area contributed by atoms with Crippen LogP contribution in [0.2, 0.25) is 0 Å². The Morgan fingerprint density at radius 3 is 2.59 bits per heavy atom. The minimum atomic E-state index is 0.0999. The Kier molecular flexibility index (Phi) is 5.70. The Bertz CT molecular complexity index is 363. The van der Waals surface area contributed by atoms with E-state index in [4.69, 9.17) is 0 Å². The van der Waals surface area contributed by atoms with E-state index in [1.807, 2.05) is 19.1 Å². The smallest absolute Gasteiger partial charge is 0.234 e. The molecule has 0 aromatic heterocycles. The van der Waals surface area contributed by atoms with Crippen LogP contribution < -0.4 is 5.32 Å². The molecule has 94 valence electrons. The van der Waals surface area contributed by atoms with E-state index < -0.39 is 0 Å². The number of nitrogens with zero attached hydrogens (tertiary/aromatic N) is 1. The Hall–Kier alpha value is -1.35. The summed E-state index contributed by atoms with van der Waals surface area (Å²) in [6.07, 6.45) is 0. The summed E-state index contributed by atoms with van der Waals surface area (Å²) in [4.78, 5) is 13.7. The van der Waals surface area contributed by atoms with Gasteiger partial charge in [-0.05, 0) is 31.5 Å². The zero-order chi connectivity index (χ0) is 12.7. The number of amides is 1. The number of nitrogens with one attached hydrogen (secondary N) is 1. The van der Waals surface area contributed by atoms with Gasteiger partial charge in [-0.15, -0.1) is 0 Å². The second-order valence-corrected chi connectivity index (χ2v) is 4.18. The van der Waals surface area contributed by atoms with Crippen molar-refractivity contribution in [3.05, 3.63) is 35.4 Å². The Morgan fingerprint density at radius 2 is 2.00 bits per heavy atom. The van der Waals surface area contributed by atoms with Gasteiger partial charge in [-0.25, -0.2) is 0 Å². The lowest BCUT2D eigenvalue weighted by molar-refractivity contribution is -0.122. The third-order valence-electron chi connectivity index (χ3n) is 2.84. The zero-order valence-corrected chi connectivity index (χ0v) is 11.0. The average molecular weight is 234 g/mol. The van der Waals surface area contributed by atoms with E-state index in [9.17, 15) is 4.79 Å². The van der Waals surface area contributed by atoms with Gasteiger partial charge in [-0.1, -0.05) is 31.2 Å². The molecule has 0 saturated carbocycles. The number of hydrogen-bond donors (Lipinski definition) is 1. The summed E-state index contributed by atoms with van der Waals surface area (Å²) < 4.78 is 0. The molecule has 0 radical (unpaired) electrons. The van der Waals surface area contributed by atoms with Crippen LogP contribution >= 0.6 is 0 Å². The Morgan fingerprint density at radius 1 is 1.29 bits per heavy atom. The molecule has 0 heterocycles. The summed E-state index contributed by atoms with van der Waals surface area (Å²) in [6, 6.07) is 8.31. The van der Waals surface area contributed by atoms with Crippen molar-refractivity contribution in [1.29, 1.82) is 0 Å². The molecule has 1 N–H and O–H groups in total. The van der Waals surface area contributed by atoms with Crippen LogP contribution in [-0.4, -0.2) is 30.4 Å². The van der Waals surface area contributed by atoms with Crippen molar-refractivity contribution < 1.29 is 4.79 Å². The predicted octanol–water partition coefficient (Wildman–Crippen LogP) is 1.95. The number of carbonyl (C=O) groups excluding carboxylic acids is 1. The van der Waals surface area contributed by atoms with Crippen molar-refractivity contribution in [2.75, 3.05) is 19.6 Å². The summed E-state index contributed by atoms with van der Waals surface area (Å²) in [5.41, 5.74) is 2.57. The van der Waals surface area contributed by atoms with Gasteiger partial charge in [0, 0.05) is 13.1 Å². The van der Waals surface area contributed by atoms with Gasteiger partial charge in [0.1, 0.15) is 0 Å². The molecule has 0 atom stereocenters. The number of carbonyl (C=O) groups is 1. The molecular weight excluding hydrogens is 212 g/mol. The highest BCUT2D eigenvalue weighted by Gasteiger charge is 2.09. The first-order valence-electron chi connectivity index (χ1n) is 6.21. The Balaban J connectivity index is 2.58. The van der Waals surface area contributed by atoms with Crippen LogP contribution in [0.3, 0.4) is 0 Å². The van der Waals surface area contributed by atoms with E-state index in [-0.39, 0.29) is 5.91 Å². The monoisotopic (exact) mass is 234 g/mol. The molecule has 1 aromatic carbocycles. The molecule has 0 aliphatic carbocycles. The maximum atomic E-state index is 11.5. The van der Waals surface area contributed by atoms with Crippen molar-refractivity contribution in [2.45, 2.75) is 27.3 Å². The van der Waals surface area contributed by atoms with Crippen molar-refractivity contribution in [1.82, 2.24) is 10.2 Å². The molecule has 0 saturated heterocycles. The maximum Gasteiger partial charge on any atom is 0.234 e. The van der Waals surface area contributed by atoms with E-state index >= 15 is 0 Å². The van der Waals surface area contributed by atoms with Crippen LogP contribution in [0.25, 0.3) is 0 Å². The number of hydrogen-bond acceptors (Lipinski definition) is 2. The molecule has 0 aliphatic rings. The molecular formula is C14H22N2O. The van der Waals surface area contributed by atoms with Gasteiger partial charge >= 0.3 is 0 Å². The van der Waals surface area contributed by atoms with Crippen LogP contribution in [0, 0.1) is 6.92 Å². The summed E-state index contributed by atoms with van der Waals surface area (Å²) >= 11 is 0. The van der Waals surface area contributed by atoms with E-state index in [1.54, 1.807) is 0 Å². The summed E-state index contributed by atoms with van der Waals surface area (Å²) in [7, 11) is 0. The van der Waals surface area contributed by atoms with E-state index in [2.05, 4.69) is 36.2 Å². The standard InChI is InChI=1S/C14H22N2O/c1-4-15-14(17)11-16(5-2)10-13-9-7-6-8-12(13)3/h6-9H,4-5,10-11H2,1-3H3,(H,15,17). The predicted molar refractivity (Wildman–Crippen MR) is 70.8 cm³/mol. The normalized spacial score (nSPS) is 10.6. The first-order valence-corrected chi connectivity index (χ1v) is 6.21. The van der Waals surface area contributed by atoms with Gasteiger partial charge in [-0.3, -0.25) is 9.69 Å². The van der Waals surface area contributed by atoms with E-state index in [0.29, 0.717) is 13.1 Å². The van der Waals surface area contributed by atoms with Crippen molar-refractivity contribution in [3.63, 3.8) is 0 Å². The molecule has 0 fully saturated rings. The van der Waals surface area contributed by atoms with Crippen molar-refractivity contribution in [3.8, 4) is 0 Å². The van der Waals surface area contributed by atoms with E-state index in [0.717, 1.165) is 13.1 Å². The molecule has 0 unspecified atom stereocenters. The second-order valence-electron chi connectivity index (χ2n) is 4.18. The number of aryl methyl sites for hydroxylation is 1. The van der Waals surface area contributed by atoms with Gasteiger partial charge in [0.2, 0.25) is 5.91 Å². The SMILES string of the molecule is CCNC(=O)CN(CC)Cc1ccccc1C. The Labute approximate surface area is 104 Å². The van der Waals surface area contributed by atoms with E-state index in [1.165, 1.54) is 11.1 Å². The molecule has 17 heavy (non-hydrogen) atoms. The third-order valence-corrected chi connectivity index (χ3v) is 2.84. The fourth-order valence-electron chi connectivity index (χ4n) is 1.76. The van der Waals surface area contributed by atoms with Crippen LogP contribution in [0.4, 0.5) is 0 Å². The van der Waals surface area contributed by atoms with Gasteiger partial charge < -0.3 is 5.32 Å². The maximum absolute atomic E-state index is 11.5. The largest absolute Gasteiger partial charge is 0.355 e. The van der Waals surface area contributed by atoms with Crippen LogP contribution in [0.5, 0.6) is 0 Å². The average Bonchev–Trinajstić information content (AvgIpc) is 2.31. The quantitative estimate of drug-likeness (QED) is 0.816. The molecule has 0 aliphatic heterocycles. The van der Waals surface area contributed by atoms with Gasteiger partial charge in [-0.2, -0.15) is 0 Å². The minimum Gasteiger partial charge on any atom is -0.355 e. The highest BCUT2D eigenvalue weighted by atomic mass is 16.2. The van der Waals surface area contributed by atoms with Gasteiger partial charge in [0.15, 0.2) is 0 Å². The second kappa shape index (κ2) is 7.07. The first-order chi connectivity index (χ1) is 8.17. The lowest BCUT2D eigenvalue weighted by atomic mass is 10.1. The first kappa shape index (κ1) is 13.7. The molecule has 0 spiro atoms. The minimum absolute atomic E-state index is 0.0999. The molecule has 3 nitrogen and oxygen atoms in total. The third kappa shape index (κ3) is 4.57. The van der Waals surface area contributed by atoms with Crippen molar-refractivity contribution in [2.24, 2.45) is 0 Å². The van der Waals surface area contributed by atoms with Gasteiger partial charge in [0.05, 0.1) is 6.54 Å². The fourth-order valence-corrected chi connectivity index (χ4v) is 1.76. The molecule has 1 aromatic rings. The fraction of sp³-hybridized carbons (Fsp3) is 0.500. The summed E-state index contributed by atoms with van der Waals surface area (Å²) in [6.45, 7) is 9.01. The molecule has 1 rings (SSSR count). The molecule has 0 bridgehead atoms. The lowest BCUT2D eigenvalue weighted by Crippen LogP contribution is -2.36. The summed E-state index contributed by atoms with van der Waals surface area (Å²) in [5, 5.41) is 2.83. The van der Waals surface area contributed by atoms with Crippen LogP contribution in [0.15, 0.2) is 24.3 Å². The topological polar surface area (TPSA) is 32.3 Å². The molecule has 1 amide bonds. The van der Waals surface area contributed by atoms with Gasteiger partial charge in [0.25, 0.3) is 0 Å². The number of likely N-dealkylation sites (N-methyl/N-ethyl adjacent to an activating group) is 2. The lowest BCUT2D eigenvalue weighted by Gasteiger charge is -2.20.